The quantitative estimate of drug-likeness (QED) is 0.451. The van der Waals surface area contributed by atoms with Crippen molar-refractivity contribution in [3.05, 3.63) is 22.2 Å². The number of piperazine rings is 1. The Morgan fingerprint density at radius 3 is 1.34 bits per heavy atom. The van der Waals surface area contributed by atoms with Crippen molar-refractivity contribution in [2.75, 3.05) is 39.3 Å². The van der Waals surface area contributed by atoms with Crippen molar-refractivity contribution in [1.82, 2.24) is 19.6 Å². The topological polar surface area (TPSA) is 115 Å². The largest absolute Gasteiger partial charge is 0.339 e. The fourth-order valence-corrected chi connectivity index (χ4v) is 6.68. The van der Waals surface area contributed by atoms with Crippen LogP contribution in [0.5, 0.6) is 0 Å². The van der Waals surface area contributed by atoms with Gasteiger partial charge in [-0.05, 0) is 25.7 Å². The molecule has 3 heterocycles. The maximum Gasteiger partial charge on any atom is 0.233 e. The maximum atomic E-state index is 12.8. The van der Waals surface area contributed by atoms with E-state index in [4.69, 9.17) is 23.2 Å². The molecule has 3 saturated heterocycles. The van der Waals surface area contributed by atoms with Crippen molar-refractivity contribution < 1.29 is 28.8 Å². The third-order valence-corrected chi connectivity index (χ3v) is 9.02. The second-order valence-corrected chi connectivity index (χ2v) is 11.5. The highest BCUT2D eigenvalue weighted by Crippen LogP contribution is 2.40. The van der Waals surface area contributed by atoms with E-state index >= 15 is 0 Å². The molecule has 3 aliphatic heterocycles. The highest BCUT2D eigenvalue weighted by atomic mass is 35.5. The molecule has 5 aliphatic rings. The monoisotopic (exact) mass is 564 g/mol. The van der Waals surface area contributed by atoms with Crippen LogP contribution >= 0.6 is 23.2 Å². The van der Waals surface area contributed by atoms with Gasteiger partial charge in [0.1, 0.15) is 0 Å². The number of nitrogens with zero attached hydrogens (tertiary/aromatic N) is 4. The van der Waals surface area contributed by atoms with Gasteiger partial charge in [0.25, 0.3) is 0 Å². The molecule has 12 heteroatoms. The number of rotatable bonds is 6. The molecule has 4 atom stereocenters. The number of hydrogen-bond donors (Lipinski definition) is 0. The van der Waals surface area contributed by atoms with Gasteiger partial charge in [0.2, 0.25) is 35.4 Å². The van der Waals surface area contributed by atoms with E-state index < -0.39 is 11.8 Å². The molecule has 0 N–H and O–H groups in total. The molecular weight excluding hydrogens is 535 g/mol. The Morgan fingerprint density at radius 1 is 0.632 bits per heavy atom. The summed E-state index contributed by atoms with van der Waals surface area (Å²) in [6, 6.07) is 0. The summed E-state index contributed by atoms with van der Waals surface area (Å²) in [6.07, 6.45) is 5.25. The number of carbonyl (C=O) groups excluding carboxylic acids is 6. The molecule has 0 aromatic rings. The highest BCUT2D eigenvalue weighted by molar-refractivity contribution is 6.30. The fraction of sp³-hybridized carbons (Fsp3) is 0.615. The van der Waals surface area contributed by atoms with E-state index in [1.54, 1.807) is 22.0 Å². The third-order valence-electron chi connectivity index (χ3n) is 8.40. The Labute approximate surface area is 230 Å². The van der Waals surface area contributed by atoms with E-state index in [1.165, 1.54) is 9.80 Å². The van der Waals surface area contributed by atoms with Crippen molar-refractivity contribution in [1.29, 1.82) is 0 Å². The van der Waals surface area contributed by atoms with Gasteiger partial charge in [-0.15, -0.1) is 0 Å². The van der Waals surface area contributed by atoms with E-state index in [2.05, 4.69) is 0 Å². The molecule has 0 bridgehead atoms. The molecule has 0 spiro atoms. The van der Waals surface area contributed by atoms with Gasteiger partial charge in [-0.3, -0.25) is 38.6 Å². The summed E-state index contributed by atoms with van der Waals surface area (Å²) in [7, 11) is 0. The molecule has 5 rings (SSSR count). The Kier molecular flexibility index (Phi) is 7.64. The Balaban J connectivity index is 1.05. The zero-order valence-electron chi connectivity index (χ0n) is 20.9. The van der Waals surface area contributed by atoms with Crippen molar-refractivity contribution in [3.8, 4) is 0 Å². The molecule has 38 heavy (non-hydrogen) atoms. The van der Waals surface area contributed by atoms with E-state index in [0.29, 0.717) is 61.9 Å². The first-order chi connectivity index (χ1) is 18.2. The molecule has 6 amide bonds. The number of allylic oxidation sites excluding steroid dienone is 4. The summed E-state index contributed by atoms with van der Waals surface area (Å²) < 4.78 is 0. The number of fused-ring (bicyclic) bond motifs is 2. The minimum Gasteiger partial charge on any atom is -0.339 e. The van der Waals surface area contributed by atoms with Crippen LogP contribution in [-0.4, -0.2) is 94.3 Å². The minimum atomic E-state index is -0.436. The summed E-state index contributed by atoms with van der Waals surface area (Å²) in [5, 5.41) is 1.19. The van der Waals surface area contributed by atoms with E-state index in [-0.39, 0.29) is 73.2 Å². The van der Waals surface area contributed by atoms with Gasteiger partial charge in [0, 0.05) is 62.2 Å². The van der Waals surface area contributed by atoms with Gasteiger partial charge in [-0.1, -0.05) is 35.4 Å². The number of imide groups is 2. The van der Waals surface area contributed by atoms with Crippen LogP contribution in [0.2, 0.25) is 0 Å². The van der Waals surface area contributed by atoms with E-state index in [1.807, 2.05) is 0 Å². The van der Waals surface area contributed by atoms with E-state index in [9.17, 15) is 28.8 Å². The van der Waals surface area contributed by atoms with Crippen molar-refractivity contribution >= 4 is 58.6 Å². The average Bonchev–Trinajstić information content (AvgIpc) is 3.28. The minimum absolute atomic E-state index is 0.0341. The molecular formula is C26H30Cl2N4O6. The number of amides is 6. The number of carbonyl (C=O) groups is 6. The van der Waals surface area contributed by atoms with Crippen molar-refractivity contribution in [2.45, 2.75) is 38.5 Å². The van der Waals surface area contributed by atoms with Gasteiger partial charge in [-0.25, -0.2) is 0 Å². The van der Waals surface area contributed by atoms with Gasteiger partial charge < -0.3 is 9.80 Å². The summed E-state index contributed by atoms with van der Waals surface area (Å²) >= 11 is 12.1. The lowest BCUT2D eigenvalue weighted by molar-refractivity contribution is -0.145. The van der Waals surface area contributed by atoms with Gasteiger partial charge in [-0.2, -0.15) is 0 Å². The first kappa shape index (κ1) is 26.9. The zero-order valence-corrected chi connectivity index (χ0v) is 22.5. The molecule has 0 aromatic heterocycles. The SMILES string of the molecule is O=C(CCN1C(=O)[C@H]2CC(Cl)=CC[C@H]2C1=O)N1CCN(C(=O)CCN2C(=O)[C@H]3CC=C(Cl)C[C@H]3C2=O)CC1. The van der Waals surface area contributed by atoms with Gasteiger partial charge in [0.15, 0.2) is 0 Å². The Morgan fingerprint density at radius 2 is 0.974 bits per heavy atom. The first-order valence-corrected chi connectivity index (χ1v) is 13.9. The van der Waals surface area contributed by atoms with Crippen LogP contribution in [0.3, 0.4) is 0 Å². The van der Waals surface area contributed by atoms with Crippen LogP contribution in [0, 0.1) is 23.7 Å². The van der Waals surface area contributed by atoms with Crippen molar-refractivity contribution in [3.63, 3.8) is 0 Å². The van der Waals surface area contributed by atoms with Gasteiger partial charge >= 0.3 is 0 Å². The van der Waals surface area contributed by atoms with Crippen LogP contribution < -0.4 is 0 Å². The molecule has 0 radical (unpaired) electrons. The molecule has 204 valence electrons. The van der Waals surface area contributed by atoms with Crippen LogP contribution in [0.1, 0.15) is 38.5 Å². The van der Waals surface area contributed by atoms with E-state index in [0.717, 1.165) is 0 Å². The smallest absolute Gasteiger partial charge is 0.233 e. The number of hydrogen-bond acceptors (Lipinski definition) is 6. The predicted octanol–water partition coefficient (Wildman–Crippen LogP) is 1.47. The molecule has 2 aliphatic carbocycles. The first-order valence-electron chi connectivity index (χ1n) is 13.1. The van der Waals surface area contributed by atoms with Gasteiger partial charge in [0.05, 0.1) is 23.7 Å². The van der Waals surface area contributed by atoms with Crippen LogP contribution in [0.25, 0.3) is 0 Å². The molecule has 0 aromatic carbocycles. The molecule has 10 nitrogen and oxygen atoms in total. The Hall–Kier alpha value is -2.72. The summed E-state index contributed by atoms with van der Waals surface area (Å²) in [5.41, 5.74) is 0. The third kappa shape index (κ3) is 5.00. The summed E-state index contributed by atoms with van der Waals surface area (Å²) in [6.45, 7) is 1.45. The Bertz CT molecular complexity index is 1060. The number of likely N-dealkylation sites (tertiary alicyclic amines) is 2. The highest BCUT2D eigenvalue weighted by Gasteiger charge is 2.49. The lowest BCUT2D eigenvalue weighted by atomic mass is 9.85. The molecule has 3 fully saturated rings. The summed E-state index contributed by atoms with van der Waals surface area (Å²) in [4.78, 5) is 81.9. The summed E-state index contributed by atoms with van der Waals surface area (Å²) in [5.74, 6) is -3.00. The standard InChI is InChI=1S/C26H30Cl2N4O6/c27-15-1-3-17-19(13-15)25(37)31(23(17)35)7-5-21(33)29-9-11-30(12-10-29)22(34)6-8-32-24(36)18-4-2-16(28)14-20(18)26(32)38/h1-2,17-20H,3-14H2/t17-,18+,19+,20-. The maximum absolute atomic E-state index is 12.8. The molecule has 0 saturated carbocycles. The number of halogens is 2. The average molecular weight is 565 g/mol. The zero-order chi connectivity index (χ0) is 27.1. The lowest BCUT2D eigenvalue weighted by Gasteiger charge is -2.35. The normalized spacial score (nSPS) is 29.4. The van der Waals surface area contributed by atoms with Crippen LogP contribution in [0.4, 0.5) is 0 Å². The van der Waals surface area contributed by atoms with Crippen LogP contribution in [-0.2, 0) is 28.8 Å². The lowest BCUT2D eigenvalue weighted by Crippen LogP contribution is -2.51. The fourth-order valence-electron chi connectivity index (χ4n) is 6.17. The predicted molar refractivity (Wildman–Crippen MR) is 136 cm³/mol. The van der Waals surface area contributed by atoms with Crippen molar-refractivity contribution in [2.24, 2.45) is 23.7 Å². The van der Waals surface area contributed by atoms with Crippen LogP contribution in [0.15, 0.2) is 22.2 Å². The molecule has 0 unspecified atom stereocenters. The second kappa shape index (κ2) is 10.8. The second-order valence-electron chi connectivity index (χ2n) is 10.5.